The van der Waals surface area contributed by atoms with E-state index in [9.17, 15) is 9.59 Å². The van der Waals surface area contributed by atoms with Crippen LogP contribution >= 0.6 is 27.3 Å². The van der Waals surface area contributed by atoms with E-state index in [1.54, 1.807) is 23.6 Å². The lowest BCUT2D eigenvalue weighted by Crippen LogP contribution is -2.14. The molecule has 2 aromatic heterocycles. The van der Waals surface area contributed by atoms with Crippen LogP contribution < -0.4 is 5.32 Å². The number of hydrogen-bond donors (Lipinski definition) is 1. The van der Waals surface area contributed by atoms with Gasteiger partial charge in [0.05, 0.1) is 12.7 Å². The van der Waals surface area contributed by atoms with Crippen molar-refractivity contribution in [3.63, 3.8) is 0 Å². The average Bonchev–Trinajstić information content (AvgIpc) is 2.86. The van der Waals surface area contributed by atoms with Gasteiger partial charge in [0.1, 0.15) is 10.7 Å². The van der Waals surface area contributed by atoms with Gasteiger partial charge in [0.15, 0.2) is 0 Å². The molecule has 0 fully saturated rings. The summed E-state index contributed by atoms with van der Waals surface area (Å²) in [6, 6.07) is 4.91. The van der Waals surface area contributed by atoms with Crippen LogP contribution in [0.1, 0.15) is 20.8 Å². The van der Waals surface area contributed by atoms with E-state index in [4.69, 9.17) is 0 Å². The van der Waals surface area contributed by atoms with Gasteiger partial charge in [-0.15, -0.1) is 11.3 Å². The molecular weight excluding hydrogens is 332 g/mol. The third-order valence-electron chi connectivity index (χ3n) is 2.26. The first-order valence-electron chi connectivity index (χ1n) is 5.20. The van der Waals surface area contributed by atoms with Gasteiger partial charge in [0, 0.05) is 10.7 Å². The Balaban J connectivity index is 2.17. The maximum Gasteiger partial charge on any atom is 0.340 e. The monoisotopic (exact) mass is 340 g/mol. The molecule has 2 aromatic rings. The van der Waals surface area contributed by atoms with E-state index in [0.29, 0.717) is 10.6 Å². The molecule has 0 aliphatic rings. The second kappa shape index (κ2) is 5.94. The molecule has 2 heterocycles. The van der Waals surface area contributed by atoms with Gasteiger partial charge in [0.2, 0.25) is 0 Å². The van der Waals surface area contributed by atoms with Crippen LogP contribution in [0.5, 0.6) is 0 Å². The molecule has 0 saturated heterocycles. The van der Waals surface area contributed by atoms with Crippen molar-refractivity contribution in [1.29, 1.82) is 0 Å². The number of pyridine rings is 1. The van der Waals surface area contributed by atoms with E-state index in [1.165, 1.54) is 24.6 Å². The summed E-state index contributed by atoms with van der Waals surface area (Å²) >= 11 is 4.49. The number of anilines is 1. The first-order chi connectivity index (χ1) is 9.11. The van der Waals surface area contributed by atoms with Crippen molar-refractivity contribution < 1.29 is 14.3 Å². The Labute approximate surface area is 121 Å². The van der Waals surface area contributed by atoms with Crippen molar-refractivity contribution in [2.75, 3.05) is 12.4 Å². The van der Waals surface area contributed by atoms with Crippen molar-refractivity contribution >= 4 is 44.1 Å². The Bertz CT molecular complexity index is 610. The maximum absolute atomic E-state index is 12.0. The summed E-state index contributed by atoms with van der Waals surface area (Å²) < 4.78 is 5.42. The predicted octanol–water partition coefficient (Wildman–Crippen LogP) is 2.94. The molecule has 0 aromatic carbocycles. The van der Waals surface area contributed by atoms with Crippen LogP contribution in [-0.4, -0.2) is 24.0 Å². The summed E-state index contributed by atoms with van der Waals surface area (Å²) in [5.41, 5.74) is 0.602. The fourth-order valence-electron chi connectivity index (χ4n) is 1.35. The summed E-state index contributed by atoms with van der Waals surface area (Å²) in [5.74, 6) is -0.861. The number of hydrogen-bond acceptors (Lipinski definition) is 5. The highest BCUT2D eigenvalue weighted by Gasteiger charge is 2.16. The summed E-state index contributed by atoms with van der Waals surface area (Å²) in [7, 11) is 1.29. The Kier molecular flexibility index (Phi) is 4.28. The molecule has 0 aliphatic carbocycles. The molecule has 5 nitrogen and oxygen atoms in total. The molecule has 0 spiro atoms. The SMILES string of the molecule is COC(=O)c1ccsc1NC(=O)c1ccc(Br)cn1. The molecular formula is C12H9BrN2O3S. The third-order valence-corrected chi connectivity index (χ3v) is 3.56. The Morgan fingerprint density at radius 2 is 2.16 bits per heavy atom. The lowest BCUT2D eigenvalue weighted by molar-refractivity contribution is 0.0602. The van der Waals surface area contributed by atoms with Gasteiger partial charge < -0.3 is 10.1 Å². The largest absolute Gasteiger partial charge is 0.465 e. The first kappa shape index (κ1) is 13.7. The molecule has 1 N–H and O–H groups in total. The number of carbonyl (C=O) groups excluding carboxylic acids is 2. The Morgan fingerprint density at radius 3 is 2.79 bits per heavy atom. The molecule has 0 unspecified atom stereocenters. The van der Waals surface area contributed by atoms with Crippen LogP contribution in [0.4, 0.5) is 5.00 Å². The zero-order valence-corrected chi connectivity index (χ0v) is 12.2. The molecule has 0 saturated carbocycles. The Hall–Kier alpha value is -1.73. The number of esters is 1. The number of nitrogens with one attached hydrogen (secondary N) is 1. The van der Waals surface area contributed by atoms with Crippen molar-refractivity contribution in [1.82, 2.24) is 4.98 Å². The average molecular weight is 341 g/mol. The molecule has 0 aliphatic heterocycles. The van der Waals surface area contributed by atoms with Gasteiger partial charge >= 0.3 is 5.97 Å². The molecule has 98 valence electrons. The first-order valence-corrected chi connectivity index (χ1v) is 6.88. The second-order valence-corrected chi connectivity index (χ2v) is 5.30. The molecule has 19 heavy (non-hydrogen) atoms. The van der Waals surface area contributed by atoms with E-state index in [2.05, 4.69) is 31.0 Å². The highest BCUT2D eigenvalue weighted by molar-refractivity contribution is 9.10. The lowest BCUT2D eigenvalue weighted by atomic mass is 10.3. The quantitative estimate of drug-likeness (QED) is 0.872. The van der Waals surface area contributed by atoms with Crippen LogP contribution in [-0.2, 0) is 4.74 Å². The third kappa shape index (κ3) is 3.18. The number of halogens is 1. The zero-order valence-electron chi connectivity index (χ0n) is 9.84. The van der Waals surface area contributed by atoms with Crippen molar-refractivity contribution in [2.45, 2.75) is 0 Å². The number of amides is 1. The van der Waals surface area contributed by atoms with E-state index in [1.807, 2.05) is 0 Å². The molecule has 1 amide bonds. The van der Waals surface area contributed by atoms with Gasteiger partial charge in [-0.1, -0.05) is 0 Å². The highest BCUT2D eigenvalue weighted by atomic mass is 79.9. The molecule has 0 bridgehead atoms. The zero-order chi connectivity index (χ0) is 13.8. The van der Waals surface area contributed by atoms with Crippen molar-refractivity contribution in [3.05, 3.63) is 45.5 Å². The van der Waals surface area contributed by atoms with Gasteiger partial charge in [-0.3, -0.25) is 4.79 Å². The van der Waals surface area contributed by atoms with E-state index in [-0.39, 0.29) is 11.6 Å². The van der Waals surface area contributed by atoms with Crippen LogP contribution in [0.2, 0.25) is 0 Å². The van der Waals surface area contributed by atoms with Crippen LogP contribution in [0.15, 0.2) is 34.2 Å². The fourth-order valence-corrected chi connectivity index (χ4v) is 2.36. The van der Waals surface area contributed by atoms with Crippen LogP contribution in [0.3, 0.4) is 0 Å². The minimum atomic E-state index is -0.486. The topological polar surface area (TPSA) is 68.3 Å². The minimum absolute atomic E-state index is 0.271. The van der Waals surface area contributed by atoms with E-state index >= 15 is 0 Å². The summed E-state index contributed by atoms with van der Waals surface area (Å²) in [6.45, 7) is 0. The van der Waals surface area contributed by atoms with Gasteiger partial charge in [-0.05, 0) is 39.5 Å². The number of carbonyl (C=O) groups is 2. The van der Waals surface area contributed by atoms with E-state index in [0.717, 1.165) is 4.47 Å². The molecule has 0 radical (unpaired) electrons. The van der Waals surface area contributed by atoms with Crippen molar-refractivity contribution in [2.24, 2.45) is 0 Å². The summed E-state index contributed by atoms with van der Waals surface area (Å²) in [4.78, 5) is 27.4. The van der Waals surface area contributed by atoms with E-state index < -0.39 is 5.97 Å². The van der Waals surface area contributed by atoms with Crippen LogP contribution in [0.25, 0.3) is 0 Å². The Morgan fingerprint density at radius 1 is 1.37 bits per heavy atom. The summed E-state index contributed by atoms with van der Waals surface area (Å²) in [5, 5.41) is 4.79. The molecule has 0 atom stereocenters. The fraction of sp³-hybridized carbons (Fsp3) is 0.0833. The molecule has 7 heteroatoms. The van der Waals surface area contributed by atoms with Gasteiger partial charge in [-0.25, -0.2) is 9.78 Å². The minimum Gasteiger partial charge on any atom is -0.465 e. The maximum atomic E-state index is 12.0. The standard InChI is InChI=1S/C12H9BrN2O3S/c1-18-12(17)8-4-5-19-11(8)15-10(16)9-3-2-7(13)6-14-9/h2-6H,1H3,(H,15,16). The summed E-state index contributed by atoms with van der Waals surface area (Å²) in [6.07, 6.45) is 1.53. The smallest absolute Gasteiger partial charge is 0.340 e. The number of methoxy groups -OCH3 is 1. The lowest BCUT2D eigenvalue weighted by Gasteiger charge is -2.04. The molecule has 2 rings (SSSR count). The number of aromatic nitrogens is 1. The number of thiophene rings is 1. The second-order valence-electron chi connectivity index (χ2n) is 3.47. The number of rotatable bonds is 3. The highest BCUT2D eigenvalue weighted by Crippen LogP contribution is 2.24. The van der Waals surface area contributed by atoms with Crippen molar-refractivity contribution in [3.8, 4) is 0 Å². The normalized spacial score (nSPS) is 10.0. The predicted molar refractivity (Wildman–Crippen MR) is 75.5 cm³/mol. The van der Waals surface area contributed by atoms with Crippen LogP contribution in [0, 0.1) is 0 Å². The number of nitrogens with zero attached hydrogens (tertiary/aromatic N) is 1. The van der Waals surface area contributed by atoms with Gasteiger partial charge in [-0.2, -0.15) is 0 Å². The van der Waals surface area contributed by atoms with Gasteiger partial charge in [0.25, 0.3) is 5.91 Å². The number of ether oxygens (including phenoxy) is 1.